The Hall–Kier alpha value is -2.68. The second-order valence-electron chi connectivity index (χ2n) is 16.7. The van der Waals surface area contributed by atoms with Gasteiger partial charge in [0.2, 0.25) is 0 Å². The van der Waals surface area contributed by atoms with E-state index < -0.39 is 0 Å². The van der Waals surface area contributed by atoms with Gasteiger partial charge < -0.3 is 14.2 Å². The lowest BCUT2D eigenvalue weighted by molar-refractivity contribution is 0.356. The summed E-state index contributed by atoms with van der Waals surface area (Å²) in [7, 11) is 0. The molecule has 308 valence electrons. The molecule has 0 saturated carbocycles. The van der Waals surface area contributed by atoms with Crippen LogP contribution >= 0.6 is 0 Å². The average Bonchev–Trinajstić information content (AvgIpc) is 3.89. The molecule has 2 heterocycles. The van der Waals surface area contributed by atoms with Crippen LogP contribution in [0.5, 0.6) is 23.0 Å². The standard InChI is InChI=1S/C52H82O3/c1-3-5-7-9-11-13-15-17-19-21-23-25-27-29-31-33-35-45-47-41-43-53-49(47)37-39-51(45)55-52-40-38-50-48(42-44-54-50)46(52)36-34-32-30-28-26-24-22-20-18-16-14-12-10-8-6-4-2/h17-20,37-40H,3-16,21-36,41-44H2,1-2H3/b19-17-,20-18-. The molecule has 0 fully saturated rings. The summed E-state index contributed by atoms with van der Waals surface area (Å²) in [4.78, 5) is 0. The van der Waals surface area contributed by atoms with Crippen LogP contribution in [0.15, 0.2) is 48.6 Å². The Morgan fingerprint density at radius 2 is 0.745 bits per heavy atom. The number of fused-ring (bicyclic) bond motifs is 2. The van der Waals surface area contributed by atoms with Crippen LogP contribution in [-0.4, -0.2) is 13.2 Å². The van der Waals surface area contributed by atoms with Crippen LogP contribution in [-0.2, 0) is 25.7 Å². The van der Waals surface area contributed by atoms with Crippen LogP contribution in [0.1, 0.15) is 216 Å². The summed E-state index contributed by atoms with van der Waals surface area (Å²) in [5.74, 6) is 4.22. The molecule has 0 spiro atoms. The molecule has 0 aliphatic carbocycles. The van der Waals surface area contributed by atoms with Gasteiger partial charge in [0, 0.05) is 35.1 Å². The second-order valence-corrected chi connectivity index (χ2v) is 16.7. The Balaban J connectivity index is 1.15. The predicted octanol–water partition coefficient (Wildman–Crippen LogP) is 16.5. The molecule has 2 aliphatic heterocycles. The quantitative estimate of drug-likeness (QED) is 0.0526. The molecule has 2 aromatic carbocycles. The van der Waals surface area contributed by atoms with Crippen molar-refractivity contribution < 1.29 is 14.2 Å². The Bertz CT molecular complexity index is 1240. The number of unbranched alkanes of at least 4 members (excludes halogenated alkanes) is 24. The largest absolute Gasteiger partial charge is 0.493 e. The molecule has 0 unspecified atom stereocenters. The first-order valence-electron chi connectivity index (χ1n) is 23.8. The summed E-state index contributed by atoms with van der Waals surface area (Å²) in [6, 6.07) is 8.64. The van der Waals surface area contributed by atoms with Crippen molar-refractivity contribution in [1.82, 2.24) is 0 Å². The van der Waals surface area contributed by atoms with Crippen molar-refractivity contribution in [1.29, 1.82) is 0 Å². The molecule has 0 atom stereocenters. The minimum atomic E-state index is 0.788. The first kappa shape index (κ1) is 45.0. The SMILES string of the molecule is CCCCCCCC/C=C\CCCCCCCCc1c(Oc2ccc3c(c2CCCCCCCC/C=C\CCCCCCCC)CCO3)ccc2c1CCO2. The molecular weight excluding hydrogens is 673 g/mol. The van der Waals surface area contributed by atoms with Crippen molar-refractivity contribution >= 4 is 0 Å². The third-order valence-electron chi connectivity index (χ3n) is 12.0. The number of ether oxygens (including phenoxy) is 3. The zero-order valence-electron chi connectivity index (χ0n) is 35.9. The van der Waals surface area contributed by atoms with E-state index in [9.17, 15) is 0 Å². The van der Waals surface area contributed by atoms with Crippen LogP contribution < -0.4 is 14.2 Å². The van der Waals surface area contributed by atoms with Crippen molar-refractivity contribution in [2.45, 2.75) is 219 Å². The fourth-order valence-corrected chi connectivity index (χ4v) is 8.60. The smallest absolute Gasteiger partial charge is 0.131 e. The van der Waals surface area contributed by atoms with Gasteiger partial charge in [0.25, 0.3) is 0 Å². The summed E-state index contributed by atoms with van der Waals surface area (Å²) in [6.45, 7) is 6.16. The van der Waals surface area contributed by atoms with Gasteiger partial charge in [0.1, 0.15) is 23.0 Å². The van der Waals surface area contributed by atoms with E-state index in [0.717, 1.165) is 61.9 Å². The van der Waals surface area contributed by atoms with E-state index in [-0.39, 0.29) is 0 Å². The third kappa shape index (κ3) is 18.0. The lowest BCUT2D eigenvalue weighted by Gasteiger charge is -2.18. The zero-order valence-corrected chi connectivity index (χ0v) is 35.9. The van der Waals surface area contributed by atoms with E-state index in [1.807, 2.05) is 0 Å². The monoisotopic (exact) mass is 755 g/mol. The van der Waals surface area contributed by atoms with Crippen molar-refractivity contribution in [3.63, 3.8) is 0 Å². The third-order valence-corrected chi connectivity index (χ3v) is 12.0. The van der Waals surface area contributed by atoms with Gasteiger partial charge in [-0.15, -0.1) is 0 Å². The van der Waals surface area contributed by atoms with E-state index in [4.69, 9.17) is 14.2 Å². The highest BCUT2D eigenvalue weighted by molar-refractivity contribution is 5.55. The molecule has 0 bridgehead atoms. The molecule has 0 aromatic heterocycles. The maximum absolute atomic E-state index is 6.93. The van der Waals surface area contributed by atoms with Gasteiger partial charge in [-0.25, -0.2) is 0 Å². The highest BCUT2D eigenvalue weighted by atomic mass is 16.5. The van der Waals surface area contributed by atoms with Crippen molar-refractivity contribution in [2.75, 3.05) is 13.2 Å². The maximum atomic E-state index is 6.93. The number of hydrogen-bond acceptors (Lipinski definition) is 3. The minimum absolute atomic E-state index is 0.788. The fourth-order valence-electron chi connectivity index (χ4n) is 8.60. The van der Waals surface area contributed by atoms with Crippen molar-refractivity contribution in [2.24, 2.45) is 0 Å². The van der Waals surface area contributed by atoms with Gasteiger partial charge in [-0.2, -0.15) is 0 Å². The lowest BCUT2D eigenvalue weighted by Crippen LogP contribution is -2.01. The van der Waals surface area contributed by atoms with E-state index in [0.29, 0.717) is 0 Å². The number of hydrogen-bond donors (Lipinski definition) is 0. The molecule has 4 rings (SSSR count). The lowest BCUT2D eigenvalue weighted by atomic mass is 9.96. The van der Waals surface area contributed by atoms with Gasteiger partial charge in [0.05, 0.1) is 13.2 Å². The Morgan fingerprint density at radius 1 is 0.418 bits per heavy atom. The Labute approximate surface area is 339 Å². The van der Waals surface area contributed by atoms with E-state index in [2.05, 4.69) is 62.4 Å². The molecule has 0 radical (unpaired) electrons. The van der Waals surface area contributed by atoms with E-state index in [1.165, 1.54) is 202 Å². The minimum Gasteiger partial charge on any atom is -0.493 e. The molecular formula is C52H82O3. The van der Waals surface area contributed by atoms with E-state index >= 15 is 0 Å². The van der Waals surface area contributed by atoms with Gasteiger partial charge in [-0.05, 0) is 101 Å². The molecule has 2 aromatic rings. The average molecular weight is 755 g/mol. The summed E-state index contributed by atoms with van der Waals surface area (Å²) in [5, 5.41) is 0. The molecule has 0 N–H and O–H groups in total. The van der Waals surface area contributed by atoms with Crippen LogP contribution in [0.2, 0.25) is 0 Å². The maximum Gasteiger partial charge on any atom is 0.131 e. The van der Waals surface area contributed by atoms with Gasteiger partial charge >= 0.3 is 0 Å². The molecule has 0 amide bonds. The first-order valence-corrected chi connectivity index (χ1v) is 23.8. The summed E-state index contributed by atoms with van der Waals surface area (Å²) in [5.41, 5.74) is 5.52. The van der Waals surface area contributed by atoms with Crippen LogP contribution in [0.25, 0.3) is 0 Å². The zero-order chi connectivity index (χ0) is 38.4. The highest BCUT2D eigenvalue weighted by Crippen LogP contribution is 2.41. The van der Waals surface area contributed by atoms with Crippen LogP contribution in [0.3, 0.4) is 0 Å². The summed E-state index contributed by atoms with van der Waals surface area (Å²) < 4.78 is 19.0. The Kier molecular flexibility index (Phi) is 24.2. The fraction of sp³-hybridized carbons (Fsp3) is 0.692. The highest BCUT2D eigenvalue weighted by Gasteiger charge is 2.23. The first-order chi connectivity index (χ1) is 27.3. The van der Waals surface area contributed by atoms with Crippen LogP contribution in [0, 0.1) is 0 Å². The number of rotatable bonds is 34. The predicted molar refractivity (Wildman–Crippen MR) is 238 cm³/mol. The molecule has 3 nitrogen and oxygen atoms in total. The number of benzene rings is 2. The van der Waals surface area contributed by atoms with Gasteiger partial charge in [-0.3, -0.25) is 0 Å². The van der Waals surface area contributed by atoms with Crippen molar-refractivity contribution in [3.05, 3.63) is 70.8 Å². The topological polar surface area (TPSA) is 27.7 Å². The number of allylic oxidation sites excluding steroid dienone is 4. The molecule has 3 heteroatoms. The van der Waals surface area contributed by atoms with Gasteiger partial charge in [-0.1, -0.05) is 154 Å². The molecule has 0 saturated heterocycles. The van der Waals surface area contributed by atoms with Gasteiger partial charge in [0.15, 0.2) is 0 Å². The van der Waals surface area contributed by atoms with Crippen molar-refractivity contribution in [3.8, 4) is 23.0 Å². The molecule has 55 heavy (non-hydrogen) atoms. The summed E-state index contributed by atoms with van der Waals surface area (Å²) in [6.07, 6.45) is 51.3. The second kappa shape index (κ2) is 29.5. The normalized spacial score (nSPS) is 13.5. The Morgan fingerprint density at radius 3 is 1.11 bits per heavy atom. The summed E-state index contributed by atoms with van der Waals surface area (Å²) >= 11 is 0. The van der Waals surface area contributed by atoms with E-state index in [1.54, 1.807) is 0 Å². The van der Waals surface area contributed by atoms with Crippen LogP contribution in [0.4, 0.5) is 0 Å². The molecule has 2 aliphatic rings.